The van der Waals surface area contributed by atoms with Crippen LogP contribution in [0.25, 0.3) is 11.1 Å². The molecule has 1 amide bonds. The fourth-order valence-electron chi connectivity index (χ4n) is 4.34. The molecule has 0 saturated carbocycles. The lowest BCUT2D eigenvalue weighted by atomic mass is 10.2. The van der Waals surface area contributed by atoms with Crippen LogP contribution >= 0.6 is 0 Å². The summed E-state index contributed by atoms with van der Waals surface area (Å²) in [5.74, 6) is -0.750. The minimum atomic E-state index is -3.64. The maximum absolute atomic E-state index is 13.0. The second-order valence-electron chi connectivity index (χ2n) is 8.20. The summed E-state index contributed by atoms with van der Waals surface area (Å²) in [6, 6.07) is 4.48. The minimum Gasteiger partial charge on any atom is -0.408 e. The number of sulfonamides is 1. The van der Waals surface area contributed by atoms with Crippen LogP contribution in [0.2, 0.25) is 0 Å². The SMILES string of the molecule is O=C(Cn1c(=O)oc2cc(S(=O)(=O)N3CCCCCC3)ccc21)N1CCCCCC1. The number of carbonyl (C=O) groups excluding carboxylic acids is 1. The molecule has 0 aliphatic carbocycles. The highest BCUT2D eigenvalue weighted by Gasteiger charge is 2.26. The van der Waals surface area contributed by atoms with Gasteiger partial charge in [0.1, 0.15) is 6.54 Å². The van der Waals surface area contributed by atoms with Gasteiger partial charge in [-0.15, -0.1) is 0 Å². The number of rotatable bonds is 4. The van der Waals surface area contributed by atoms with Gasteiger partial charge in [-0.3, -0.25) is 9.36 Å². The third kappa shape index (κ3) is 4.32. The molecule has 0 radical (unpaired) electrons. The van der Waals surface area contributed by atoms with Gasteiger partial charge in [0.05, 0.1) is 10.4 Å². The second-order valence-corrected chi connectivity index (χ2v) is 10.1. The van der Waals surface area contributed by atoms with E-state index in [1.807, 2.05) is 0 Å². The average molecular weight is 436 g/mol. The Kier molecular flexibility index (Phi) is 6.29. The van der Waals surface area contributed by atoms with Crippen molar-refractivity contribution < 1.29 is 17.6 Å². The Morgan fingerprint density at radius 2 is 1.50 bits per heavy atom. The van der Waals surface area contributed by atoms with Crippen molar-refractivity contribution in [2.75, 3.05) is 26.2 Å². The standard InChI is InChI=1S/C21H29N3O5S/c25-20(22-11-5-1-2-6-12-22)16-24-18-10-9-17(15-19(18)29-21(24)26)30(27,28)23-13-7-3-4-8-14-23/h9-10,15H,1-8,11-14,16H2. The summed E-state index contributed by atoms with van der Waals surface area (Å²) < 4.78 is 34.2. The van der Waals surface area contributed by atoms with Gasteiger partial charge in [0.15, 0.2) is 5.58 Å². The number of hydrogen-bond acceptors (Lipinski definition) is 5. The summed E-state index contributed by atoms with van der Waals surface area (Å²) in [5, 5.41) is 0. The lowest BCUT2D eigenvalue weighted by Crippen LogP contribution is -2.36. The van der Waals surface area contributed by atoms with Gasteiger partial charge in [0.25, 0.3) is 0 Å². The first kappa shape index (κ1) is 21.1. The molecule has 2 fully saturated rings. The van der Waals surface area contributed by atoms with E-state index in [1.165, 1.54) is 21.0 Å². The van der Waals surface area contributed by atoms with Gasteiger partial charge in [-0.1, -0.05) is 25.7 Å². The van der Waals surface area contributed by atoms with Crippen molar-refractivity contribution in [3.63, 3.8) is 0 Å². The van der Waals surface area contributed by atoms with Crippen LogP contribution in [0.4, 0.5) is 0 Å². The maximum atomic E-state index is 13.0. The highest BCUT2D eigenvalue weighted by molar-refractivity contribution is 7.89. The summed E-state index contributed by atoms with van der Waals surface area (Å²) >= 11 is 0. The molecule has 1 aromatic heterocycles. The van der Waals surface area contributed by atoms with Crippen LogP contribution in [-0.2, 0) is 21.4 Å². The van der Waals surface area contributed by atoms with E-state index < -0.39 is 15.8 Å². The molecule has 0 atom stereocenters. The topological polar surface area (TPSA) is 92.8 Å². The number of nitrogens with zero attached hydrogens (tertiary/aromatic N) is 3. The molecule has 2 aliphatic rings. The third-order valence-corrected chi connectivity index (χ3v) is 7.99. The Labute approximate surface area is 176 Å². The van der Waals surface area contributed by atoms with Crippen LogP contribution in [0.3, 0.4) is 0 Å². The number of benzene rings is 1. The zero-order valence-electron chi connectivity index (χ0n) is 17.2. The predicted octanol–water partition coefficient (Wildman–Crippen LogP) is 2.56. The van der Waals surface area contributed by atoms with Gasteiger partial charge in [0.2, 0.25) is 15.9 Å². The zero-order chi connectivity index (χ0) is 21.1. The van der Waals surface area contributed by atoms with Gasteiger partial charge < -0.3 is 9.32 Å². The van der Waals surface area contributed by atoms with Gasteiger partial charge >= 0.3 is 5.76 Å². The Morgan fingerprint density at radius 3 is 2.13 bits per heavy atom. The molecule has 8 nitrogen and oxygen atoms in total. The molecule has 4 rings (SSSR count). The van der Waals surface area contributed by atoms with E-state index >= 15 is 0 Å². The van der Waals surface area contributed by atoms with Crippen molar-refractivity contribution in [1.82, 2.24) is 13.8 Å². The molecule has 9 heteroatoms. The molecule has 1 aromatic carbocycles. The molecular weight excluding hydrogens is 406 g/mol. The normalized spacial score (nSPS) is 19.5. The maximum Gasteiger partial charge on any atom is 0.420 e. The molecule has 2 aliphatic heterocycles. The molecule has 0 N–H and O–H groups in total. The van der Waals surface area contributed by atoms with E-state index in [4.69, 9.17) is 4.42 Å². The molecule has 2 saturated heterocycles. The molecule has 164 valence electrons. The Balaban J connectivity index is 1.59. The van der Waals surface area contributed by atoms with E-state index in [2.05, 4.69) is 0 Å². The van der Waals surface area contributed by atoms with Gasteiger partial charge in [-0.05, 0) is 37.8 Å². The monoisotopic (exact) mass is 435 g/mol. The smallest absolute Gasteiger partial charge is 0.408 e. The minimum absolute atomic E-state index is 0.0932. The van der Waals surface area contributed by atoms with E-state index in [-0.39, 0.29) is 22.9 Å². The first-order chi connectivity index (χ1) is 14.5. The number of amides is 1. The predicted molar refractivity (Wildman–Crippen MR) is 113 cm³/mol. The molecule has 3 heterocycles. The summed E-state index contributed by atoms with van der Waals surface area (Å²) in [6.45, 7) is 2.35. The van der Waals surface area contributed by atoms with Gasteiger partial charge in [-0.2, -0.15) is 4.31 Å². The number of oxazole rings is 1. The lowest BCUT2D eigenvalue weighted by molar-refractivity contribution is -0.131. The summed E-state index contributed by atoms with van der Waals surface area (Å²) in [7, 11) is -3.64. The molecule has 30 heavy (non-hydrogen) atoms. The fourth-order valence-corrected chi connectivity index (χ4v) is 5.88. The van der Waals surface area contributed by atoms with E-state index in [0.717, 1.165) is 51.4 Å². The fraction of sp³-hybridized carbons (Fsp3) is 0.619. The summed E-state index contributed by atoms with van der Waals surface area (Å²) in [5.41, 5.74) is 0.637. The quantitative estimate of drug-likeness (QED) is 0.736. The Morgan fingerprint density at radius 1 is 0.900 bits per heavy atom. The number of fused-ring (bicyclic) bond motifs is 1. The first-order valence-corrected chi connectivity index (χ1v) is 12.3. The van der Waals surface area contributed by atoms with Crippen molar-refractivity contribution in [2.24, 2.45) is 0 Å². The van der Waals surface area contributed by atoms with Crippen LogP contribution in [0.15, 0.2) is 32.3 Å². The van der Waals surface area contributed by atoms with Gasteiger partial charge in [0, 0.05) is 32.2 Å². The van der Waals surface area contributed by atoms with Crippen LogP contribution in [-0.4, -0.2) is 54.3 Å². The summed E-state index contributed by atoms with van der Waals surface area (Å²) in [6.07, 6.45) is 7.97. The molecular formula is C21H29N3O5S. The van der Waals surface area contributed by atoms with E-state index in [0.29, 0.717) is 31.7 Å². The lowest BCUT2D eigenvalue weighted by Gasteiger charge is -2.20. The molecule has 0 unspecified atom stereocenters. The third-order valence-electron chi connectivity index (χ3n) is 6.09. The Hall–Kier alpha value is -2.13. The van der Waals surface area contributed by atoms with Crippen molar-refractivity contribution in [1.29, 1.82) is 0 Å². The van der Waals surface area contributed by atoms with Crippen LogP contribution in [0.1, 0.15) is 51.4 Å². The molecule has 0 bridgehead atoms. The second kappa shape index (κ2) is 8.93. The van der Waals surface area contributed by atoms with Crippen LogP contribution in [0.5, 0.6) is 0 Å². The van der Waals surface area contributed by atoms with Crippen molar-refractivity contribution in [3.8, 4) is 0 Å². The Bertz CT molecular complexity index is 1060. The number of hydrogen-bond donors (Lipinski definition) is 0. The first-order valence-electron chi connectivity index (χ1n) is 10.9. The van der Waals surface area contributed by atoms with Crippen molar-refractivity contribution in [3.05, 3.63) is 28.7 Å². The van der Waals surface area contributed by atoms with Crippen molar-refractivity contribution in [2.45, 2.75) is 62.8 Å². The number of aromatic nitrogens is 1. The van der Waals surface area contributed by atoms with Gasteiger partial charge in [-0.25, -0.2) is 13.2 Å². The van der Waals surface area contributed by atoms with E-state index in [9.17, 15) is 18.0 Å². The van der Waals surface area contributed by atoms with E-state index in [1.54, 1.807) is 11.0 Å². The average Bonchev–Trinajstić information content (AvgIpc) is 3.02. The highest BCUT2D eigenvalue weighted by atomic mass is 32.2. The zero-order valence-corrected chi connectivity index (χ0v) is 18.0. The molecule has 2 aromatic rings. The highest BCUT2D eigenvalue weighted by Crippen LogP contribution is 2.24. The van der Waals surface area contributed by atoms with Crippen LogP contribution < -0.4 is 5.76 Å². The van der Waals surface area contributed by atoms with Crippen molar-refractivity contribution >= 4 is 27.0 Å². The number of carbonyl (C=O) groups is 1. The van der Waals surface area contributed by atoms with Crippen LogP contribution in [0, 0.1) is 0 Å². The largest absolute Gasteiger partial charge is 0.420 e. The molecule has 0 spiro atoms. The number of likely N-dealkylation sites (tertiary alicyclic amines) is 1. The summed E-state index contributed by atoms with van der Waals surface area (Å²) in [4.78, 5) is 27.0.